The molecule has 0 aliphatic heterocycles. The van der Waals surface area contributed by atoms with Crippen molar-refractivity contribution >= 4 is 18.0 Å². The van der Waals surface area contributed by atoms with Crippen LogP contribution in [0, 0.1) is 5.92 Å². The molecule has 8 heteroatoms. The summed E-state index contributed by atoms with van der Waals surface area (Å²) in [6.07, 6.45) is -0.625. The molecule has 8 nitrogen and oxygen atoms in total. The summed E-state index contributed by atoms with van der Waals surface area (Å²) in [7, 11) is 1.51. The van der Waals surface area contributed by atoms with E-state index in [1.165, 1.54) is 7.11 Å². The number of methoxy groups -OCH3 is 1. The van der Waals surface area contributed by atoms with Crippen LogP contribution in [0.5, 0.6) is 0 Å². The third-order valence-corrected chi connectivity index (χ3v) is 6.43. The second-order valence-corrected chi connectivity index (χ2v) is 9.76. The van der Waals surface area contributed by atoms with E-state index in [2.05, 4.69) is 22.8 Å². The van der Waals surface area contributed by atoms with Gasteiger partial charge in [-0.3, -0.25) is 4.79 Å². The average molecular weight is 483 g/mol. The molecule has 1 aliphatic carbocycles. The molecular formula is C27H34N2O6. The number of carboxylic acid groups (broad SMARTS) is 1. The third-order valence-electron chi connectivity index (χ3n) is 6.43. The van der Waals surface area contributed by atoms with E-state index in [0.717, 1.165) is 22.3 Å². The van der Waals surface area contributed by atoms with E-state index in [0.29, 0.717) is 0 Å². The summed E-state index contributed by atoms with van der Waals surface area (Å²) >= 11 is 0. The first-order valence-electron chi connectivity index (χ1n) is 11.7. The summed E-state index contributed by atoms with van der Waals surface area (Å²) in [4.78, 5) is 37.3. The van der Waals surface area contributed by atoms with Crippen molar-refractivity contribution in [1.29, 1.82) is 0 Å². The molecule has 0 heterocycles. The lowest BCUT2D eigenvalue weighted by Crippen LogP contribution is -2.55. The predicted octanol–water partition coefficient (Wildman–Crippen LogP) is 3.93. The smallest absolute Gasteiger partial charge is 0.407 e. The zero-order valence-electron chi connectivity index (χ0n) is 20.8. The first kappa shape index (κ1) is 26.2. The molecule has 2 amide bonds. The van der Waals surface area contributed by atoms with Crippen LogP contribution >= 0.6 is 0 Å². The maximum Gasteiger partial charge on any atom is 0.407 e. The number of nitrogens with one attached hydrogen (secondary N) is 2. The van der Waals surface area contributed by atoms with Gasteiger partial charge in [-0.15, -0.1) is 0 Å². The maximum absolute atomic E-state index is 13.0. The van der Waals surface area contributed by atoms with Crippen molar-refractivity contribution in [2.24, 2.45) is 5.92 Å². The lowest BCUT2D eigenvalue weighted by Gasteiger charge is -2.29. The van der Waals surface area contributed by atoms with E-state index in [-0.39, 0.29) is 24.9 Å². The van der Waals surface area contributed by atoms with Crippen LogP contribution in [0.3, 0.4) is 0 Å². The van der Waals surface area contributed by atoms with Crippen LogP contribution in [0.1, 0.15) is 51.2 Å². The van der Waals surface area contributed by atoms with Crippen LogP contribution < -0.4 is 10.6 Å². The van der Waals surface area contributed by atoms with Crippen molar-refractivity contribution in [1.82, 2.24) is 10.6 Å². The number of carbonyl (C=O) groups is 3. The van der Waals surface area contributed by atoms with Crippen LogP contribution in [-0.4, -0.2) is 54.5 Å². The van der Waals surface area contributed by atoms with E-state index in [1.807, 2.05) is 36.4 Å². The standard InChI is InChI=1S/C27H34N2O6/c1-16(2)23(25(31)32)29-24(30)22(14-27(3,4)34-5)28-26(33)35-15-21-19-12-8-6-10-17(19)18-11-7-9-13-20(18)21/h6-13,16,21-23H,14-15H2,1-5H3,(H,28,33)(H,29,30)(H,31,32)/t22?,23-/m0/s1. The van der Waals surface area contributed by atoms with Crippen LogP contribution in [0.4, 0.5) is 4.79 Å². The first-order chi connectivity index (χ1) is 16.5. The summed E-state index contributed by atoms with van der Waals surface area (Å²) < 4.78 is 11.0. The van der Waals surface area contributed by atoms with E-state index < -0.39 is 35.7 Å². The molecule has 1 unspecified atom stereocenters. The van der Waals surface area contributed by atoms with Gasteiger partial charge >= 0.3 is 12.1 Å². The molecule has 1 aliphatic rings. The summed E-state index contributed by atoms with van der Waals surface area (Å²) in [5, 5.41) is 14.6. The van der Waals surface area contributed by atoms with Crippen molar-refractivity contribution < 1.29 is 29.0 Å². The Bertz CT molecular complexity index is 1040. The molecule has 0 aromatic heterocycles. The molecule has 0 spiro atoms. The molecule has 3 N–H and O–H groups in total. The molecule has 0 fully saturated rings. The number of alkyl carbamates (subject to hydrolysis) is 1. The number of ether oxygens (including phenoxy) is 2. The Labute approximate surface area is 206 Å². The number of rotatable bonds is 10. The predicted molar refractivity (Wildman–Crippen MR) is 132 cm³/mol. The number of carbonyl (C=O) groups excluding carboxylic acids is 2. The van der Waals surface area contributed by atoms with Crippen LogP contribution in [-0.2, 0) is 19.1 Å². The third kappa shape index (κ3) is 6.19. The Morgan fingerprint density at radius 3 is 2.00 bits per heavy atom. The van der Waals surface area contributed by atoms with Gasteiger partial charge in [-0.1, -0.05) is 62.4 Å². The Balaban J connectivity index is 1.72. The molecule has 0 saturated heterocycles. The fourth-order valence-electron chi connectivity index (χ4n) is 4.33. The summed E-state index contributed by atoms with van der Waals surface area (Å²) in [6, 6.07) is 13.9. The van der Waals surface area contributed by atoms with Gasteiger partial charge in [0.05, 0.1) is 5.60 Å². The Hall–Kier alpha value is -3.39. The van der Waals surface area contributed by atoms with Crippen molar-refractivity contribution in [3.05, 3.63) is 59.7 Å². The first-order valence-corrected chi connectivity index (χ1v) is 11.7. The minimum Gasteiger partial charge on any atom is -0.480 e. The molecule has 2 aromatic rings. The monoisotopic (exact) mass is 482 g/mol. The molecule has 188 valence electrons. The van der Waals surface area contributed by atoms with Gasteiger partial charge in [-0.2, -0.15) is 0 Å². The molecule has 2 atom stereocenters. The minimum absolute atomic E-state index is 0.103. The zero-order chi connectivity index (χ0) is 25.8. The minimum atomic E-state index is -1.14. The second kappa shape index (κ2) is 10.9. The lowest BCUT2D eigenvalue weighted by molar-refractivity contribution is -0.143. The molecule has 0 bridgehead atoms. The number of hydrogen-bond donors (Lipinski definition) is 3. The molecular weight excluding hydrogens is 448 g/mol. The Morgan fingerprint density at radius 1 is 0.971 bits per heavy atom. The van der Waals surface area contributed by atoms with E-state index in [9.17, 15) is 19.5 Å². The highest BCUT2D eigenvalue weighted by Crippen LogP contribution is 2.44. The largest absolute Gasteiger partial charge is 0.480 e. The molecule has 35 heavy (non-hydrogen) atoms. The van der Waals surface area contributed by atoms with Crippen LogP contribution in [0.15, 0.2) is 48.5 Å². The molecule has 2 aromatic carbocycles. The lowest BCUT2D eigenvalue weighted by atomic mass is 9.97. The molecule has 0 saturated carbocycles. The number of fused-ring (bicyclic) bond motifs is 3. The highest BCUT2D eigenvalue weighted by atomic mass is 16.5. The van der Waals surface area contributed by atoms with Crippen molar-refractivity contribution in [3.8, 4) is 11.1 Å². The van der Waals surface area contributed by atoms with Crippen molar-refractivity contribution in [2.75, 3.05) is 13.7 Å². The normalized spacial score (nSPS) is 14.6. The fraction of sp³-hybridized carbons (Fsp3) is 0.444. The highest BCUT2D eigenvalue weighted by Gasteiger charge is 2.34. The number of amides is 2. The Morgan fingerprint density at radius 2 is 1.51 bits per heavy atom. The maximum atomic E-state index is 13.0. The van der Waals surface area contributed by atoms with Gasteiger partial charge < -0.3 is 25.2 Å². The zero-order valence-corrected chi connectivity index (χ0v) is 20.8. The highest BCUT2D eigenvalue weighted by molar-refractivity contribution is 5.89. The van der Waals surface area contributed by atoms with Gasteiger partial charge in [0.25, 0.3) is 0 Å². The number of carboxylic acids is 1. The topological polar surface area (TPSA) is 114 Å². The second-order valence-electron chi connectivity index (χ2n) is 9.76. The van der Waals surface area contributed by atoms with Gasteiger partial charge in [0.1, 0.15) is 18.7 Å². The van der Waals surface area contributed by atoms with Gasteiger partial charge in [-0.25, -0.2) is 9.59 Å². The van der Waals surface area contributed by atoms with Gasteiger partial charge in [-0.05, 0) is 42.0 Å². The van der Waals surface area contributed by atoms with E-state index >= 15 is 0 Å². The Kier molecular flexibility index (Phi) is 8.17. The number of hydrogen-bond acceptors (Lipinski definition) is 5. The summed E-state index contributed by atoms with van der Waals surface area (Å²) in [5.74, 6) is -2.20. The van der Waals surface area contributed by atoms with Crippen LogP contribution in [0.2, 0.25) is 0 Å². The van der Waals surface area contributed by atoms with Crippen molar-refractivity contribution in [2.45, 2.75) is 57.7 Å². The molecule has 0 radical (unpaired) electrons. The fourth-order valence-corrected chi connectivity index (χ4v) is 4.33. The van der Waals surface area contributed by atoms with E-state index in [1.54, 1.807) is 27.7 Å². The summed E-state index contributed by atoms with van der Waals surface area (Å²) in [5.41, 5.74) is 3.65. The van der Waals surface area contributed by atoms with Gasteiger partial charge in [0, 0.05) is 19.4 Å². The molecule has 3 rings (SSSR count). The van der Waals surface area contributed by atoms with Gasteiger partial charge in [0.15, 0.2) is 0 Å². The number of aliphatic carboxylic acids is 1. The average Bonchev–Trinajstić information content (AvgIpc) is 3.13. The van der Waals surface area contributed by atoms with Crippen molar-refractivity contribution in [3.63, 3.8) is 0 Å². The van der Waals surface area contributed by atoms with Gasteiger partial charge in [0.2, 0.25) is 5.91 Å². The number of benzene rings is 2. The van der Waals surface area contributed by atoms with Crippen LogP contribution in [0.25, 0.3) is 11.1 Å². The summed E-state index contributed by atoms with van der Waals surface area (Å²) in [6.45, 7) is 7.07. The van der Waals surface area contributed by atoms with E-state index in [4.69, 9.17) is 9.47 Å². The SMILES string of the molecule is COC(C)(C)CC(NC(=O)OCC1c2ccccc2-c2ccccc21)C(=O)N[C@H](C(=O)O)C(C)C. The quantitative estimate of drug-likeness (QED) is 0.473.